The Morgan fingerprint density at radius 2 is 1.95 bits per heavy atom. The summed E-state index contributed by atoms with van der Waals surface area (Å²) in [5.74, 6) is -1.73. The fraction of sp³-hybridized carbons (Fsp3) is 0.750. The number of hydrogen-bond acceptors (Lipinski definition) is 4. The number of nitrogens with one attached hydrogen (secondary N) is 2. The number of rotatable bonds is 5. The van der Waals surface area contributed by atoms with Gasteiger partial charge in [0.2, 0.25) is 5.91 Å². The van der Waals surface area contributed by atoms with E-state index in [-0.39, 0.29) is 19.0 Å². The molecule has 20 heavy (non-hydrogen) atoms. The van der Waals surface area contributed by atoms with Crippen LogP contribution < -0.4 is 10.6 Å². The lowest BCUT2D eigenvalue weighted by Crippen LogP contribution is -2.51. The summed E-state index contributed by atoms with van der Waals surface area (Å²) in [5.41, 5.74) is 0. The molecule has 1 aliphatic heterocycles. The van der Waals surface area contributed by atoms with E-state index in [1.807, 2.05) is 0 Å². The van der Waals surface area contributed by atoms with E-state index in [0.29, 0.717) is 13.1 Å². The van der Waals surface area contributed by atoms with Gasteiger partial charge in [-0.15, -0.1) is 0 Å². The molecule has 0 saturated carbocycles. The molecule has 1 aliphatic rings. The molecule has 0 spiro atoms. The van der Waals surface area contributed by atoms with E-state index < -0.39 is 17.9 Å². The summed E-state index contributed by atoms with van der Waals surface area (Å²) >= 11 is 0. The van der Waals surface area contributed by atoms with Crippen LogP contribution in [0.3, 0.4) is 0 Å². The third kappa shape index (κ3) is 5.04. The van der Waals surface area contributed by atoms with Crippen LogP contribution in [0.5, 0.6) is 0 Å². The number of nitrogens with zero attached hydrogens (tertiary/aromatic N) is 2. The van der Waals surface area contributed by atoms with Gasteiger partial charge in [-0.1, -0.05) is 6.92 Å². The second-order valence-corrected chi connectivity index (χ2v) is 4.91. The van der Waals surface area contributed by atoms with Crippen molar-refractivity contribution in [2.45, 2.75) is 6.92 Å². The largest absolute Gasteiger partial charge is 0.481 e. The molecule has 1 saturated heterocycles. The van der Waals surface area contributed by atoms with Crippen LogP contribution in [-0.4, -0.2) is 79.1 Å². The van der Waals surface area contributed by atoms with Crippen molar-refractivity contribution in [3.63, 3.8) is 0 Å². The van der Waals surface area contributed by atoms with Crippen molar-refractivity contribution in [3.8, 4) is 0 Å². The Kier molecular flexibility index (Phi) is 6.23. The first-order chi connectivity index (χ1) is 9.41. The minimum atomic E-state index is -0.957. The SMILES string of the molecule is CC(CN(C)C(=O)NCC(=O)N1CCNCC1)C(=O)O. The summed E-state index contributed by atoms with van der Waals surface area (Å²) in [6.45, 7) is 4.36. The topological polar surface area (TPSA) is 102 Å². The van der Waals surface area contributed by atoms with Crippen LogP contribution in [0.2, 0.25) is 0 Å². The van der Waals surface area contributed by atoms with Crippen molar-refractivity contribution in [2.75, 3.05) is 46.3 Å². The average molecular weight is 286 g/mol. The zero-order valence-electron chi connectivity index (χ0n) is 11.9. The quantitative estimate of drug-likeness (QED) is 0.588. The van der Waals surface area contributed by atoms with Gasteiger partial charge in [0.25, 0.3) is 0 Å². The molecule has 0 aromatic carbocycles. The molecule has 1 rings (SSSR count). The van der Waals surface area contributed by atoms with E-state index in [2.05, 4.69) is 10.6 Å². The molecule has 1 unspecified atom stereocenters. The molecule has 114 valence electrons. The molecule has 3 amide bonds. The highest BCUT2D eigenvalue weighted by molar-refractivity contribution is 5.84. The molecule has 1 fully saturated rings. The molecular weight excluding hydrogens is 264 g/mol. The second-order valence-electron chi connectivity index (χ2n) is 4.91. The van der Waals surface area contributed by atoms with Crippen LogP contribution in [0, 0.1) is 5.92 Å². The van der Waals surface area contributed by atoms with E-state index >= 15 is 0 Å². The summed E-state index contributed by atoms with van der Waals surface area (Å²) in [4.78, 5) is 37.2. The first kappa shape index (κ1) is 16.2. The molecule has 0 aromatic rings. The van der Waals surface area contributed by atoms with Crippen LogP contribution in [0.4, 0.5) is 4.79 Å². The molecule has 8 heteroatoms. The van der Waals surface area contributed by atoms with E-state index in [1.54, 1.807) is 4.90 Å². The monoisotopic (exact) mass is 286 g/mol. The lowest BCUT2D eigenvalue weighted by Gasteiger charge is -2.28. The van der Waals surface area contributed by atoms with Gasteiger partial charge in [-0.2, -0.15) is 0 Å². The van der Waals surface area contributed by atoms with Gasteiger partial charge in [-0.25, -0.2) is 4.79 Å². The summed E-state index contributed by atoms with van der Waals surface area (Å²) in [6.07, 6.45) is 0. The van der Waals surface area contributed by atoms with Gasteiger partial charge in [-0.3, -0.25) is 9.59 Å². The summed E-state index contributed by atoms with van der Waals surface area (Å²) < 4.78 is 0. The second kappa shape index (κ2) is 7.68. The molecule has 0 aliphatic carbocycles. The molecule has 1 atom stereocenters. The Bertz CT molecular complexity index is 368. The number of hydrogen-bond donors (Lipinski definition) is 3. The van der Waals surface area contributed by atoms with Crippen LogP contribution in [-0.2, 0) is 9.59 Å². The number of piperazine rings is 1. The normalized spacial score (nSPS) is 16.4. The first-order valence-electron chi connectivity index (χ1n) is 6.62. The number of carbonyl (C=O) groups is 3. The highest BCUT2D eigenvalue weighted by atomic mass is 16.4. The van der Waals surface area contributed by atoms with E-state index in [0.717, 1.165) is 13.1 Å². The maximum atomic E-state index is 11.8. The van der Waals surface area contributed by atoms with E-state index in [4.69, 9.17) is 5.11 Å². The third-order valence-electron chi connectivity index (χ3n) is 3.18. The van der Waals surface area contributed by atoms with Crippen molar-refractivity contribution < 1.29 is 19.5 Å². The molecule has 8 nitrogen and oxygen atoms in total. The van der Waals surface area contributed by atoms with Gasteiger partial charge in [0.1, 0.15) is 0 Å². The van der Waals surface area contributed by atoms with Gasteiger partial charge >= 0.3 is 12.0 Å². The van der Waals surface area contributed by atoms with Gasteiger partial charge in [-0.05, 0) is 0 Å². The maximum absolute atomic E-state index is 11.8. The van der Waals surface area contributed by atoms with Gasteiger partial charge in [0.15, 0.2) is 0 Å². The van der Waals surface area contributed by atoms with Gasteiger partial charge in [0.05, 0.1) is 12.5 Å². The number of carbonyl (C=O) groups excluding carboxylic acids is 2. The number of carboxylic acid groups (broad SMARTS) is 1. The lowest BCUT2D eigenvalue weighted by molar-refractivity contribution is -0.141. The average Bonchev–Trinajstić information content (AvgIpc) is 2.44. The van der Waals surface area contributed by atoms with Crippen molar-refractivity contribution in [2.24, 2.45) is 5.92 Å². The van der Waals surface area contributed by atoms with Crippen LogP contribution in [0.1, 0.15) is 6.92 Å². The predicted octanol–water partition coefficient (Wildman–Crippen LogP) is -1.22. The summed E-state index contributed by atoms with van der Waals surface area (Å²) in [5, 5.41) is 14.4. The number of aliphatic carboxylic acids is 1. The standard InChI is InChI=1S/C12H22N4O4/c1-9(11(18)19)8-15(2)12(20)14-7-10(17)16-5-3-13-4-6-16/h9,13H,3-8H2,1-2H3,(H,14,20)(H,18,19). The zero-order valence-corrected chi connectivity index (χ0v) is 11.9. The van der Waals surface area contributed by atoms with Crippen LogP contribution in [0.25, 0.3) is 0 Å². The van der Waals surface area contributed by atoms with E-state index in [1.165, 1.54) is 18.9 Å². The van der Waals surface area contributed by atoms with Crippen molar-refractivity contribution in [1.29, 1.82) is 0 Å². The fourth-order valence-electron chi connectivity index (χ4n) is 1.88. The highest BCUT2D eigenvalue weighted by Crippen LogP contribution is 1.98. The van der Waals surface area contributed by atoms with E-state index in [9.17, 15) is 14.4 Å². The molecule has 1 heterocycles. The Balaban J connectivity index is 2.31. The molecule has 0 radical (unpaired) electrons. The van der Waals surface area contributed by atoms with Crippen molar-refractivity contribution in [3.05, 3.63) is 0 Å². The molecule has 0 bridgehead atoms. The number of urea groups is 1. The number of carboxylic acids is 1. The smallest absolute Gasteiger partial charge is 0.317 e. The fourth-order valence-corrected chi connectivity index (χ4v) is 1.88. The maximum Gasteiger partial charge on any atom is 0.317 e. The molecule has 3 N–H and O–H groups in total. The van der Waals surface area contributed by atoms with Crippen molar-refractivity contribution in [1.82, 2.24) is 20.4 Å². The minimum absolute atomic E-state index is 0.0649. The minimum Gasteiger partial charge on any atom is -0.481 e. The highest BCUT2D eigenvalue weighted by Gasteiger charge is 2.20. The van der Waals surface area contributed by atoms with Crippen LogP contribution in [0.15, 0.2) is 0 Å². The van der Waals surface area contributed by atoms with Crippen molar-refractivity contribution >= 4 is 17.9 Å². The Morgan fingerprint density at radius 3 is 2.50 bits per heavy atom. The molecule has 0 aromatic heterocycles. The Hall–Kier alpha value is -1.83. The van der Waals surface area contributed by atoms with Crippen LogP contribution >= 0.6 is 0 Å². The number of amides is 3. The first-order valence-corrected chi connectivity index (χ1v) is 6.62. The Morgan fingerprint density at radius 1 is 1.35 bits per heavy atom. The Labute approximate surface area is 118 Å². The molecular formula is C12H22N4O4. The zero-order chi connectivity index (χ0) is 15.1. The third-order valence-corrected chi connectivity index (χ3v) is 3.18. The summed E-state index contributed by atoms with van der Waals surface area (Å²) in [7, 11) is 1.50. The summed E-state index contributed by atoms with van der Waals surface area (Å²) in [6, 6.07) is -0.443. The predicted molar refractivity (Wildman–Crippen MR) is 72.3 cm³/mol. The van der Waals surface area contributed by atoms with Gasteiger partial charge in [0, 0.05) is 39.8 Å². The lowest BCUT2D eigenvalue weighted by atomic mass is 10.2. The van der Waals surface area contributed by atoms with Gasteiger partial charge < -0.3 is 25.5 Å².